The highest BCUT2D eigenvalue weighted by atomic mass is 32.2. The van der Waals surface area contributed by atoms with E-state index in [1.54, 1.807) is 39.1 Å². The van der Waals surface area contributed by atoms with Crippen LogP contribution >= 0.6 is 0 Å². The number of sulfonamides is 1. The van der Waals surface area contributed by atoms with Gasteiger partial charge in [0, 0.05) is 68.0 Å². The predicted molar refractivity (Wildman–Crippen MR) is 251 cm³/mol. The summed E-state index contributed by atoms with van der Waals surface area (Å²) >= 11 is 0. The van der Waals surface area contributed by atoms with Crippen molar-refractivity contribution in [1.82, 2.24) is 30.0 Å². The lowest BCUT2D eigenvalue weighted by Gasteiger charge is -2.37. The van der Waals surface area contributed by atoms with Crippen LogP contribution in [0.15, 0.2) is 60.8 Å². The molecule has 0 saturated carbocycles. The Hall–Kier alpha value is -5.98. The Morgan fingerprint density at radius 3 is 2.20 bits per heavy atom. The third kappa shape index (κ3) is 8.97. The molecule has 1 atom stereocenters. The van der Waals surface area contributed by atoms with Crippen LogP contribution in [0.1, 0.15) is 96.2 Å². The van der Waals surface area contributed by atoms with Crippen molar-refractivity contribution < 1.29 is 32.0 Å². The van der Waals surface area contributed by atoms with E-state index in [0.29, 0.717) is 47.4 Å². The summed E-state index contributed by atoms with van der Waals surface area (Å²) in [4.78, 5) is 67.8. The van der Waals surface area contributed by atoms with Gasteiger partial charge in [-0.25, -0.2) is 17.8 Å². The van der Waals surface area contributed by atoms with Crippen molar-refractivity contribution in [2.75, 3.05) is 78.7 Å². The maximum atomic E-state index is 15.7. The molecular formula is C48H57FN10O6S. The largest absolute Gasteiger partial charge is 0.369 e. The summed E-state index contributed by atoms with van der Waals surface area (Å²) in [6, 6.07) is 15.3. The highest BCUT2D eigenvalue weighted by Gasteiger charge is 2.45. The molecule has 3 N–H and O–H groups in total. The first-order valence-electron chi connectivity index (χ1n) is 22.9. The maximum absolute atomic E-state index is 15.7. The highest BCUT2D eigenvalue weighted by molar-refractivity contribution is 7.94. The van der Waals surface area contributed by atoms with Gasteiger partial charge in [0.25, 0.3) is 11.8 Å². The van der Waals surface area contributed by atoms with Crippen LogP contribution in [-0.2, 0) is 26.0 Å². The number of nitrogens with one attached hydrogen (secondary N) is 3. The molecule has 3 fully saturated rings. The van der Waals surface area contributed by atoms with E-state index in [0.717, 1.165) is 98.9 Å². The van der Waals surface area contributed by atoms with Gasteiger partial charge in [-0.3, -0.25) is 38.6 Å². The summed E-state index contributed by atoms with van der Waals surface area (Å²) in [7, 11) is -3.56. The molecule has 0 spiro atoms. The first kappa shape index (κ1) is 45.2. The van der Waals surface area contributed by atoms with Crippen molar-refractivity contribution in [1.29, 1.82) is 0 Å². The van der Waals surface area contributed by atoms with Gasteiger partial charge in [0.05, 0.1) is 21.6 Å². The Kier molecular flexibility index (Phi) is 12.3. The third-order valence-electron chi connectivity index (χ3n) is 13.6. The number of amides is 4. The molecule has 66 heavy (non-hydrogen) atoms. The predicted octanol–water partition coefficient (Wildman–Crippen LogP) is 5.70. The summed E-state index contributed by atoms with van der Waals surface area (Å²) in [5.74, 6) is -1.28. The molecule has 4 aromatic rings. The molecule has 4 amide bonds. The summed E-state index contributed by atoms with van der Waals surface area (Å²) in [5.41, 5.74) is 5.85. The molecule has 16 nitrogen and oxygen atoms in total. The average molecular weight is 921 g/mol. The van der Waals surface area contributed by atoms with Crippen LogP contribution in [0, 0.1) is 12.7 Å². The number of hydrogen-bond donors (Lipinski definition) is 3. The second kappa shape index (κ2) is 18.0. The van der Waals surface area contributed by atoms with E-state index in [1.165, 1.54) is 10.4 Å². The number of imide groups is 2. The van der Waals surface area contributed by atoms with Crippen LogP contribution in [0.25, 0.3) is 0 Å². The van der Waals surface area contributed by atoms with Gasteiger partial charge in [-0.15, -0.1) is 0 Å². The number of likely N-dealkylation sites (tertiary alicyclic amines) is 1. The first-order valence-corrected chi connectivity index (χ1v) is 24.4. The summed E-state index contributed by atoms with van der Waals surface area (Å²) < 4.78 is 42.9. The monoisotopic (exact) mass is 920 g/mol. The number of halogens is 1. The number of rotatable bonds is 12. The van der Waals surface area contributed by atoms with E-state index in [1.807, 2.05) is 43.3 Å². The van der Waals surface area contributed by atoms with Gasteiger partial charge in [-0.2, -0.15) is 4.98 Å². The quantitative estimate of drug-likeness (QED) is 0.148. The standard InChI is InChI=1S/C48H57FN10O6S/c1-30-29-50-47(54-43(30)51-34-7-6-32-16-21-58(41(32)27-34)66(64,65)48(2,3)4)52-33-8-10-36(39(49)26-33)31-14-19-55(20-15-31)17-5-18-56-22-24-57(25-23-56)35-9-11-37-38(28-35)46(63)59(45(37)62)40-12-13-42(60)53-44(40)61/h6-11,26-29,31,40H,5,12-25H2,1-4H3,(H,53,60,61)(H2,50,51,52,54). The second-order valence-electron chi connectivity index (χ2n) is 19.0. The molecule has 18 heteroatoms. The third-order valence-corrected chi connectivity index (χ3v) is 16.1. The van der Waals surface area contributed by atoms with Gasteiger partial charge in [-0.05, 0) is 145 Å². The number of aryl methyl sites for hydroxylation is 1. The Balaban J connectivity index is 0.722. The van der Waals surface area contributed by atoms with E-state index < -0.39 is 44.4 Å². The maximum Gasteiger partial charge on any atom is 0.262 e. The SMILES string of the molecule is Cc1cnc(Nc2ccc(C3CCN(CCCN4CCN(c5ccc6c(c5)C(=O)N(C5CCC(=O)NC5=O)C6=O)CC4)CC3)c(F)c2)nc1Nc1ccc2c(c1)N(S(=O)(=O)C(C)(C)C)CC2. The fourth-order valence-electron chi connectivity index (χ4n) is 9.71. The number of piperazine rings is 1. The summed E-state index contributed by atoms with van der Waals surface area (Å²) in [5, 5.41) is 8.73. The normalized spacial score (nSPS) is 19.9. The molecule has 0 radical (unpaired) electrons. The zero-order chi connectivity index (χ0) is 46.5. The minimum Gasteiger partial charge on any atom is -0.369 e. The topological polar surface area (TPSA) is 180 Å². The van der Waals surface area contributed by atoms with Crippen molar-refractivity contribution in [2.45, 2.75) is 82.9 Å². The Morgan fingerprint density at radius 2 is 1.48 bits per heavy atom. The van der Waals surface area contributed by atoms with Crippen molar-refractivity contribution in [3.05, 3.63) is 94.4 Å². The molecule has 6 heterocycles. The smallest absolute Gasteiger partial charge is 0.262 e. The van der Waals surface area contributed by atoms with Crippen LogP contribution in [0.5, 0.6) is 0 Å². The molecule has 1 aromatic heterocycles. The van der Waals surface area contributed by atoms with Crippen LogP contribution in [0.3, 0.4) is 0 Å². The van der Waals surface area contributed by atoms with Gasteiger partial charge in [0.15, 0.2) is 0 Å². The Morgan fingerprint density at radius 1 is 0.788 bits per heavy atom. The van der Waals surface area contributed by atoms with Gasteiger partial charge >= 0.3 is 0 Å². The van der Waals surface area contributed by atoms with E-state index >= 15 is 4.39 Å². The first-order chi connectivity index (χ1) is 31.5. The molecule has 348 valence electrons. The lowest BCUT2D eigenvalue weighted by molar-refractivity contribution is -0.136. The number of carbonyl (C=O) groups is 4. The fourth-order valence-corrected chi connectivity index (χ4v) is 11.1. The summed E-state index contributed by atoms with van der Waals surface area (Å²) in [6.45, 7) is 14.5. The molecule has 0 bridgehead atoms. The van der Waals surface area contributed by atoms with Crippen molar-refractivity contribution >= 4 is 68.2 Å². The van der Waals surface area contributed by atoms with E-state index in [-0.39, 0.29) is 30.1 Å². The molecule has 0 aliphatic carbocycles. The van der Waals surface area contributed by atoms with Crippen LogP contribution in [-0.4, -0.2) is 126 Å². The lowest BCUT2D eigenvalue weighted by Crippen LogP contribution is -2.54. The van der Waals surface area contributed by atoms with Crippen molar-refractivity contribution in [2.24, 2.45) is 0 Å². The zero-order valence-electron chi connectivity index (χ0n) is 37.9. The number of nitrogens with zero attached hydrogens (tertiary/aromatic N) is 7. The number of hydrogen-bond acceptors (Lipinski definition) is 13. The second-order valence-corrected chi connectivity index (χ2v) is 21.6. The molecule has 1 unspecified atom stereocenters. The highest BCUT2D eigenvalue weighted by Crippen LogP contribution is 2.38. The van der Waals surface area contributed by atoms with Crippen LogP contribution < -0.4 is 25.2 Å². The van der Waals surface area contributed by atoms with E-state index in [9.17, 15) is 27.6 Å². The number of anilines is 6. The summed E-state index contributed by atoms with van der Waals surface area (Å²) in [6.07, 6.45) is 5.33. The van der Waals surface area contributed by atoms with Gasteiger partial charge in [0.1, 0.15) is 17.7 Å². The number of carbonyl (C=O) groups excluding carboxylic acids is 4. The molecular weight excluding hydrogens is 864 g/mol. The van der Waals surface area contributed by atoms with Gasteiger partial charge in [0.2, 0.25) is 27.8 Å². The molecule has 5 aliphatic rings. The lowest BCUT2D eigenvalue weighted by atomic mass is 9.89. The number of aromatic nitrogens is 2. The fraction of sp³-hybridized carbons (Fsp3) is 0.458. The van der Waals surface area contributed by atoms with Crippen molar-refractivity contribution in [3.63, 3.8) is 0 Å². The van der Waals surface area contributed by atoms with Gasteiger partial charge in [-0.1, -0.05) is 12.1 Å². The Labute approximate surface area is 385 Å². The Bertz CT molecular complexity index is 2690. The minimum absolute atomic E-state index is 0.0830. The molecule has 5 aliphatic heterocycles. The van der Waals surface area contributed by atoms with Crippen molar-refractivity contribution in [3.8, 4) is 0 Å². The van der Waals surface area contributed by atoms with Crippen LogP contribution in [0.2, 0.25) is 0 Å². The van der Waals surface area contributed by atoms with E-state index in [4.69, 9.17) is 0 Å². The molecule has 3 saturated heterocycles. The molecule has 3 aromatic carbocycles. The number of fused-ring (bicyclic) bond motifs is 2. The number of piperidine rings is 2. The minimum atomic E-state index is -3.56. The average Bonchev–Trinajstić information content (AvgIpc) is 3.82. The van der Waals surface area contributed by atoms with E-state index in [2.05, 4.69) is 40.6 Å². The van der Waals surface area contributed by atoms with Crippen LogP contribution in [0.4, 0.5) is 38.9 Å². The number of benzene rings is 3. The zero-order valence-corrected chi connectivity index (χ0v) is 38.7. The molecule has 9 rings (SSSR count). The van der Waals surface area contributed by atoms with Gasteiger partial charge < -0.3 is 20.4 Å².